The summed E-state index contributed by atoms with van der Waals surface area (Å²) in [7, 11) is -2.24. The van der Waals surface area contributed by atoms with Crippen molar-refractivity contribution < 1.29 is 35.5 Å². The minimum atomic E-state index is -3.70. The van der Waals surface area contributed by atoms with Gasteiger partial charge in [0.25, 0.3) is 17.4 Å². The maximum Gasteiger partial charge on any atom is 0.267 e. The van der Waals surface area contributed by atoms with E-state index >= 15 is 0 Å². The number of nitrogens with one attached hydrogen (secondary N) is 2. The Morgan fingerprint density at radius 3 is 2.40 bits per heavy atom. The van der Waals surface area contributed by atoms with Crippen LogP contribution in [-0.4, -0.2) is 36.1 Å². The minimum Gasteiger partial charge on any atom is -0.454 e. The highest BCUT2D eigenvalue weighted by molar-refractivity contribution is 7.92. The van der Waals surface area contributed by atoms with E-state index in [1.165, 1.54) is 49.0 Å². The maximum absolute atomic E-state index is 14.5. The van der Waals surface area contributed by atoms with Crippen LogP contribution in [0, 0.1) is 11.6 Å². The largest absolute Gasteiger partial charge is 0.454 e. The number of hydrogen-bond acceptors (Lipinski definition) is 6. The van der Waals surface area contributed by atoms with E-state index in [0.717, 1.165) is 30.4 Å². The van der Waals surface area contributed by atoms with Gasteiger partial charge in [0.05, 0.1) is 20.7 Å². The maximum atomic E-state index is 14.5. The number of anilines is 1. The second-order valence-electron chi connectivity index (χ2n) is 10.1. The van der Waals surface area contributed by atoms with Gasteiger partial charge in [0, 0.05) is 43.0 Å². The third-order valence-electron chi connectivity index (χ3n) is 7.05. The second-order valence-corrected chi connectivity index (χ2v) is 13.2. The number of aromatic nitrogens is 1. The van der Waals surface area contributed by atoms with Crippen molar-refractivity contribution in [3.05, 3.63) is 75.5 Å². The van der Waals surface area contributed by atoms with E-state index in [-0.39, 0.29) is 56.3 Å². The molecule has 222 valence electrons. The third-order valence-corrected chi connectivity index (χ3v) is 9.53. The zero-order chi connectivity index (χ0) is 30.6. The lowest BCUT2D eigenvalue weighted by atomic mass is 10.0. The molecule has 0 saturated heterocycles. The van der Waals surface area contributed by atoms with Crippen molar-refractivity contribution in [2.24, 2.45) is 7.05 Å². The molecular formula is C28H25F4N3O5S2. The van der Waals surface area contributed by atoms with Gasteiger partial charge in [0.2, 0.25) is 10.0 Å². The highest BCUT2D eigenvalue weighted by Gasteiger charge is 2.60. The molecule has 2 N–H and O–H groups in total. The van der Waals surface area contributed by atoms with Crippen LogP contribution in [0.15, 0.2) is 53.5 Å². The van der Waals surface area contributed by atoms with Crippen molar-refractivity contribution in [2.45, 2.75) is 38.2 Å². The molecule has 1 aliphatic rings. The van der Waals surface area contributed by atoms with E-state index in [4.69, 9.17) is 4.74 Å². The van der Waals surface area contributed by atoms with Gasteiger partial charge in [-0.3, -0.25) is 14.3 Å². The first-order chi connectivity index (χ1) is 19.6. The third kappa shape index (κ3) is 5.60. The summed E-state index contributed by atoms with van der Waals surface area (Å²) < 4.78 is 90.6. The predicted molar refractivity (Wildman–Crippen MR) is 152 cm³/mol. The van der Waals surface area contributed by atoms with E-state index in [1.54, 1.807) is 0 Å². The number of alkyl halides is 2. The molecule has 1 saturated carbocycles. The van der Waals surface area contributed by atoms with Crippen LogP contribution in [0.2, 0.25) is 0 Å². The van der Waals surface area contributed by atoms with Gasteiger partial charge in [-0.1, -0.05) is 0 Å². The average Bonchev–Trinajstić information content (AvgIpc) is 3.57. The summed E-state index contributed by atoms with van der Waals surface area (Å²) in [4.78, 5) is 26.1. The van der Waals surface area contributed by atoms with Crippen molar-refractivity contribution in [3.63, 3.8) is 0 Å². The molecule has 8 nitrogen and oxygen atoms in total. The van der Waals surface area contributed by atoms with Crippen LogP contribution in [-0.2, 0) is 17.1 Å². The Morgan fingerprint density at radius 2 is 1.79 bits per heavy atom. The van der Waals surface area contributed by atoms with Gasteiger partial charge in [0.1, 0.15) is 17.1 Å². The molecule has 0 spiro atoms. The molecule has 0 aliphatic heterocycles. The number of pyridine rings is 1. The standard InChI is InChI=1S/C28H25F4N3O5S2/c1-4-42(38,39)34-16-6-8-21(40-22-7-5-15(29)11-20(22)30)17(12-16)19-14-35(3)26(37)18-13-23(41-24(18)19)25(36)33-28(9-10-28)27(2,31)32/h5-8,11-14,34H,4,9-10H2,1-3H3,(H,33,36). The summed E-state index contributed by atoms with van der Waals surface area (Å²) in [6, 6.07) is 8.23. The van der Waals surface area contributed by atoms with Gasteiger partial charge in [-0.05, 0) is 56.2 Å². The molecule has 42 heavy (non-hydrogen) atoms. The average molecular weight is 624 g/mol. The number of fused-ring (bicyclic) bond motifs is 1. The number of carbonyl (C=O) groups excluding carboxylic acids is 1. The molecule has 4 aromatic rings. The summed E-state index contributed by atoms with van der Waals surface area (Å²) >= 11 is 0.884. The van der Waals surface area contributed by atoms with Crippen LogP contribution >= 0.6 is 11.3 Å². The number of rotatable bonds is 9. The van der Waals surface area contributed by atoms with Crippen LogP contribution in [0.5, 0.6) is 11.5 Å². The molecule has 0 unspecified atom stereocenters. The van der Waals surface area contributed by atoms with Crippen LogP contribution < -0.4 is 20.3 Å². The Labute approximate surface area is 242 Å². The predicted octanol–water partition coefficient (Wildman–Crippen LogP) is 6.02. The molecule has 0 bridgehead atoms. The van der Waals surface area contributed by atoms with E-state index in [1.807, 2.05) is 0 Å². The van der Waals surface area contributed by atoms with E-state index in [0.29, 0.717) is 11.6 Å². The lowest BCUT2D eigenvalue weighted by Gasteiger charge is -2.23. The van der Waals surface area contributed by atoms with Crippen molar-refractivity contribution in [3.8, 4) is 22.6 Å². The first-order valence-corrected chi connectivity index (χ1v) is 15.2. The van der Waals surface area contributed by atoms with Gasteiger partial charge < -0.3 is 14.6 Å². The van der Waals surface area contributed by atoms with Gasteiger partial charge in [-0.25, -0.2) is 26.0 Å². The normalized spacial score (nSPS) is 14.5. The Morgan fingerprint density at radius 1 is 1.10 bits per heavy atom. The van der Waals surface area contributed by atoms with Gasteiger partial charge in [-0.15, -0.1) is 11.3 Å². The first kappa shape index (κ1) is 29.6. The number of thiophene rings is 1. The Hall–Kier alpha value is -3.91. The molecule has 1 aliphatic carbocycles. The molecule has 1 amide bonds. The molecule has 2 heterocycles. The second kappa shape index (κ2) is 10.4. The summed E-state index contributed by atoms with van der Waals surface area (Å²) in [6.45, 7) is 2.19. The van der Waals surface area contributed by atoms with E-state index in [9.17, 15) is 35.6 Å². The number of nitrogens with zero attached hydrogens (tertiary/aromatic N) is 1. The fraction of sp³-hybridized carbons (Fsp3) is 0.286. The summed E-state index contributed by atoms with van der Waals surface area (Å²) in [5.41, 5.74) is -1.47. The number of carbonyl (C=O) groups is 1. The number of amides is 1. The van der Waals surface area contributed by atoms with Crippen LogP contribution in [0.25, 0.3) is 21.2 Å². The van der Waals surface area contributed by atoms with Gasteiger partial charge >= 0.3 is 0 Å². The number of aryl methyl sites for hydroxylation is 1. The highest BCUT2D eigenvalue weighted by Crippen LogP contribution is 2.48. The van der Waals surface area contributed by atoms with Gasteiger partial charge in [0.15, 0.2) is 11.6 Å². The van der Waals surface area contributed by atoms with Crippen LogP contribution in [0.4, 0.5) is 23.2 Å². The Balaban J connectivity index is 1.66. The monoisotopic (exact) mass is 623 g/mol. The summed E-state index contributed by atoms with van der Waals surface area (Å²) in [6.07, 6.45) is 1.66. The van der Waals surface area contributed by atoms with Crippen molar-refractivity contribution >= 4 is 43.0 Å². The molecule has 0 radical (unpaired) electrons. The van der Waals surface area contributed by atoms with Crippen LogP contribution in [0.1, 0.15) is 36.4 Å². The molecule has 2 aromatic carbocycles. The fourth-order valence-electron chi connectivity index (χ4n) is 4.45. The van der Waals surface area contributed by atoms with Crippen molar-refractivity contribution in [1.82, 2.24) is 9.88 Å². The molecule has 5 rings (SSSR count). The highest BCUT2D eigenvalue weighted by atomic mass is 32.2. The minimum absolute atomic E-state index is 0.0139. The number of ether oxygens (including phenoxy) is 1. The smallest absolute Gasteiger partial charge is 0.267 e. The van der Waals surface area contributed by atoms with Crippen molar-refractivity contribution in [2.75, 3.05) is 10.5 Å². The Kier molecular flexibility index (Phi) is 7.34. The topological polar surface area (TPSA) is 106 Å². The zero-order valence-corrected chi connectivity index (χ0v) is 24.2. The summed E-state index contributed by atoms with van der Waals surface area (Å²) in [5.74, 6) is -6.22. The SMILES string of the molecule is CCS(=O)(=O)Nc1ccc(Oc2ccc(F)cc2F)c(-c2cn(C)c(=O)c3cc(C(=O)NC4(C(C)(F)F)CC4)sc23)c1. The fourth-order valence-corrected chi connectivity index (χ4v) is 6.15. The molecule has 2 aromatic heterocycles. The van der Waals surface area contributed by atoms with E-state index < -0.39 is 44.6 Å². The number of benzene rings is 2. The van der Waals surface area contributed by atoms with Gasteiger partial charge in [-0.2, -0.15) is 0 Å². The number of halogens is 4. The van der Waals surface area contributed by atoms with E-state index in [2.05, 4.69) is 10.0 Å². The molecule has 14 heteroatoms. The first-order valence-electron chi connectivity index (χ1n) is 12.7. The van der Waals surface area contributed by atoms with Crippen molar-refractivity contribution in [1.29, 1.82) is 0 Å². The lowest BCUT2D eigenvalue weighted by molar-refractivity contribution is -0.0280. The molecule has 1 fully saturated rings. The molecular weight excluding hydrogens is 598 g/mol. The quantitative estimate of drug-likeness (QED) is 0.222. The zero-order valence-electron chi connectivity index (χ0n) is 22.6. The molecule has 0 atom stereocenters. The summed E-state index contributed by atoms with van der Waals surface area (Å²) in [5, 5.41) is 2.52. The number of sulfonamides is 1. The Bertz CT molecular complexity index is 1890. The number of hydrogen-bond donors (Lipinski definition) is 2. The lowest BCUT2D eigenvalue weighted by Crippen LogP contribution is -2.48. The van der Waals surface area contributed by atoms with Crippen LogP contribution in [0.3, 0.4) is 0 Å².